The van der Waals surface area contributed by atoms with E-state index in [2.05, 4.69) is 27.1 Å². The van der Waals surface area contributed by atoms with Crippen LogP contribution in [0.15, 0.2) is 85.1 Å². The molecule has 5 rings (SSSR count). The highest BCUT2D eigenvalue weighted by Gasteiger charge is 2.31. The van der Waals surface area contributed by atoms with Crippen LogP contribution in [0.1, 0.15) is 27.4 Å². The molecule has 0 saturated carbocycles. The summed E-state index contributed by atoms with van der Waals surface area (Å²) in [7, 11) is 1.64. The number of nitrogens with one attached hydrogen (secondary N) is 1. The molecule has 8 nitrogen and oxygen atoms in total. The number of carbonyl (C=O) groups is 2. The van der Waals surface area contributed by atoms with E-state index < -0.39 is 11.9 Å². The predicted octanol–water partition coefficient (Wildman–Crippen LogP) is 4.13. The summed E-state index contributed by atoms with van der Waals surface area (Å²) in [4.78, 5) is 36.2. The van der Waals surface area contributed by atoms with Crippen LogP contribution in [0.25, 0.3) is 0 Å². The van der Waals surface area contributed by atoms with Crippen molar-refractivity contribution in [3.63, 3.8) is 0 Å². The van der Waals surface area contributed by atoms with Gasteiger partial charge in [-0.05, 0) is 61.4 Å². The number of para-hydroxylation sites is 1. The number of hydrogen-bond donors (Lipinski definition) is 1. The molecular formula is C30H24N4O4. The highest BCUT2D eigenvalue weighted by Crippen LogP contribution is 2.31. The number of likely N-dealkylation sites (N-methyl/N-ethyl adjacent to an activating group) is 1. The van der Waals surface area contributed by atoms with Crippen LogP contribution < -0.4 is 19.7 Å². The summed E-state index contributed by atoms with van der Waals surface area (Å²) in [5, 5.41) is 2.74. The zero-order chi connectivity index (χ0) is 26.5. The molecule has 0 bridgehead atoms. The second-order valence-corrected chi connectivity index (χ2v) is 8.62. The second kappa shape index (κ2) is 10.8. The van der Waals surface area contributed by atoms with Gasteiger partial charge in [0.2, 0.25) is 0 Å². The number of hydrogen-bond acceptors (Lipinski definition) is 6. The number of fused-ring (bicyclic) bond motifs is 1. The molecule has 0 saturated heterocycles. The first kappa shape index (κ1) is 24.5. The lowest BCUT2D eigenvalue weighted by molar-refractivity contribution is -0.120. The van der Waals surface area contributed by atoms with Crippen molar-refractivity contribution in [1.29, 1.82) is 0 Å². The number of nitrogens with zero attached hydrogens (tertiary/aromatic N) is 3. The van der Waals surface area contributed by atoms with Crippen molar-refractivity contribution in [1.82, 2.24) is 15.3 Å². The number of aromatic nitrogens is 2. The van der Waals surface area contributed by atoms with Crippen LogP contribution in [-0.2, 0) is 4.79 Å². The minimum Gasteiger partial charge on any atom is -0.489 e. The fraction of sp³-hybridized carbons (Fsp3) is 0.133. The maximum atomic E-state index is 13.3. The fourth-order valence-electron chi connectivity index (χ4n) is 3.88. The third-order valence-electron chi connectivity index (χ3n) is 5.83. The van der Waals surface area contributed by atoms with Crippen molar-refractivity contribution in [3.8, 4) is 29.1 Å². The zero-order valence-corrected chi connectivity index (χ0v) is 20.8. The Bertz CT molecular complexity index is 1560. The van der Waals surface area contributed by atoms with Gasteiger partial charge in [0.25, 0.3) is 11.8 Å². The number of pyridine rings is 2. The smallest absolute Gasteiger partial charge is 0.270 e. The maximum absolute atomic E-state index is 13.3. The van der Waals surface area contributed by atoms with E-state index in [1.807, 2.05) is 61.5 Å². The van der Waals surface area contributed by atoms with Crippen LogP contribution in [0.4, 0.5) is 5.69 Å². The van der Waals surface area contributed by atoms with Gasteiger partial charge in [0.15, 0.2) is 0 Å². The van der Waals surface area contributed by atoms with Crippen LogP contribution >= 0.6 is 0 Å². The van der Waals surface area contributed by atoms with Crippen LogP contribution in [-0.4, -0.2) is 41.5 Å². The van der Waals surface area contributed by atoms with Gasteiger partial charge in [-0.15, -0.1) is 0 Å². The Morgan fingerprint density at radius 3 is 2.68 bits per heavy atom. The summed E-state index contributed by atoms with van der Waals surface area (Å²) in [6, 6.07) is 22.5. The fourth-order valence-corrected chi connectivity index (χ4v) is 3.88. The maximum Gasteiger partial charge on any atom is 0.270 e. The molecule has 8 heteroatoms. The second-order valence-electron chi connectivity index (χ2n) is 8.62. The van der Waals surface area contributed by atoms with Crippen molar-refractivity contribution in [3.05, 3.63) is 108 Å². The molecule has 0 unspecified atom stereocenters. The van der Waals surface area contributed by atoms with Gasteiger partial charge in [-0.25, -0.2) is 4.98 Å². The Morgan fingerprint density at radius 1 is 1.03 bits per heavy atom. The minimum atomic E-state index is -0.911. The number of benzene rings is 2. The topological polar surface area (TPSA) is 93.7 Å². The van der Waals surface area contributed by atoms with E-state index in [0.29, 0.717) is 34.2 Å². The van der Waals surface area contributed by atoms with E-state index in [9.17, 15) is 9.59 Å². The van der Waals surface area contributed by atoms with Gasteiger partial charge in [-0.3, -0.25) is 14.6 Å². The number of rotatable bonds is 4. The summed E-state index contributed by atoms with van der Waals surface area (Å²) >= 11 is 0. The normalized spacial score (nSPS) is 14.3. The molecule has 1 aliphatic rings. The molecule has 0 radical (unpaired) electrons. The summed E-state index contributed by atoms with van der Waals surface area (Å²) in [5.41, 5.74) is 2.94. The van der Waals surface area contributed by atoms with Gasteiger partial charge in [-0.2, -0.15) is 0 Å². The first-order chi connectivity index (χ1) is 18.5. The van der Waals surface area contributed by atoms with Crippen LogP contribution in [0.5, 0.6) is 17.2 Å². The molecule has 38 heavy (non-hydrogen) atoms. The van der Waals surface area contributed by atoms with E-state index in [1.165, 1.54) is 17.2 Å². The quantitative estimate of drug-likeness (QED) is 0.420. The summed E-state index contributed by atoms with van der Waals surface area (Å²) in [6.45, 7) is 1.88. The van der Waals surface area contributed by atoms with Gasteiger partial charge < -0.3 is 19.7 Å². The molecule has 2 aromatic carbocycles. The van der Waals surface area contributed by atoms with E-state index in [4.69, 9.17) is 9.47 Å². The summed E-state index contributed by atoms with van der Waals surface area (Å²) in [5.74, 6) is 6.91. The molecule has 4 aromatic rings. The Morgan fingerprint density at radius 2 is 1.87 bits per heavy atom. The SMILES string of the molecule is Cc1cccc(C#Cc2ccc3c(c2)N(C)C(=O)[C@H](NC(=O)c2cc(Oc4ccccc4)ccn2)CO3)n1. The van der Waals surface area contributed by atoms with Gasteiger partial charge in [0.05, 0.1) is 5.69 Å². The van der Waals surface area contributed by atoms with Gasteiger partial charge in [-0.1, -0.05) is 30.2 Å². The Hall–Kier alpha value is -5.16. The van der Waals surface area contributed by atoms with E-state index in [1.54, 1.807) is 25.2 Å². The summed E-state index contributed by atoms with van der Waals surface area (Å²) in [6.07, 6.45) is 1.48. The molecule has 3 heterocycles. The number of ether oxygens (including phenoxy) is 2. The van der Waals surface area contributed by atoms with E-state index in [-0.39, 0.29) is 18.2 Å². The number of anilines is 1. The average Bonchev–Trinajstić information content (AvgIpc) is 3.04. The highest BCUT2D eigenvalue weighted by molar-refractivity contribution is 6.03. The van der Waals surface area contributed by atoms with Crippen molar-refractivity contribution in [2.75, 3.05) is 18.6 Å². The molecule has 188 valence electrons. The number of amides is 2. The Balaban J connectivity index is 1.30. The molecule has 2 amide bonds. The van der Waals surface area contributed by atoms with Crippen LogP contribution in [0, 0.1) is 18.8 Å². The third-order valence-corrected chi connectivity index (χ3v) is 5.83. The third kappa shape index (κ3) is 5.63. The molecule has 1 N–H and O–H groups in total. The lowest BCUT2D eigenvalue weighted by Crippen LogP contribution is -2.49. The van der Waals surface area contributed by atoms with Crippen LogP contribution in [0.2, 0.25) is 0 Å². The van der Waals surface area contributed by atoms with Crippen molar-refractivity contribution in [2.45, 2.75) is 13.0 Å². The molecule has 1 aliphatic heterocycles. The van der Waals surface area contributed by atoms with Gasteiger partial charge >= 0.3 is 0 Å². The Labute approximate surface area is 220 Å². The molecule has 1 atom stereocenters. The summed E-state index contributed by atoms with van der Waals surface area (Å²) < 4.78 is 11.7. The first-order valence-corrected chi connectivity index (χ1v) is 12.0. The van der Waals surface area contributed by atoms with Gasteiger partial charge in [0.1, 0.15) is 41.3 Å². The molecule has 0 spiro atoms. The molecular weight excluding hydrogens is 480 g/mol. The monoisotopic (exact) mass is 504 g/mol. The largest absolute Gasteiger partial charge is 0.489 e. The minimum absolute atomic E-state index is 0.0274. The van der Waals surface area contributed by atoms with Crippen molar-refractivity contribution in [2.24, 2.45) is 0 Å². The lowest BCUT2D eigenvalue weighted by atomic mass is 10.1. The van der Waals surface area contributed by atoms with E-state index in [0.717, 1.165) is 5.69 Å². The highest BCUT2D eigenvalue weighted by atomic mass is 16.5. The first-order valence-electron chi connectivity index (χ1n) is 12.0. The van der Waals surface area contributed by atoms with Crippen LogP contribution in [0.3, 0.4) is 0 Å². The molecule has 2 aromatic heterocycles. The molecule has 0 aliphatic carbocycles. The lowest BCUT2D eigenvalue weighted by Gasteiger charge is -2.20. The number of aryl methyl sites for hydroxylation is 1. The number of carbonyl (C=O) groups excluding carboxylic acids is 2. The Kier molecular flexibility index (Phi) is 7.00. The standard InChI is InChI=1S/C30H24N4O4/c1-20-7-6-8-22(32-20)13-11-21-12-14-28-27(17-21)34(2)30(36)26(19-37-28)33-29(35)25-18-24(15-16-31-25)38-23-9-4-3-5-10-23/h3-10,12,14-18,26H,19H2,1-2H3,(H,33,35)/t26-/m1/s1. The van der Waals surface area contributed by atoms with Gasteiger partial charge in [0, 0.05) is 30.6 Å². The average molecular weight is 505 g/mol. The van der Waals surface area contributed by atoms with Crippen molar-refractivity contribution >= 4 is 17.5 Å². The predicted molar refractivity (Wildman–Crippen MR) is 142 cm³/mol. The van der Waals surface area contributed by atoms with E-state index >= 15 is 0 Å². The van der Waals surface area contributed by atoms with Crippen molar-refractivity contribution < 1.29 is 19.1 Å². The zero-order valence-electron chi connectivity index (χ0n) is 20.8. The molecule has 0 fully saturated rings.